The van der Waals surface area contributed by atoms with Crippen LogP contribution in [-0.4, -0.2) is 24.1 Å². The Morgan fingerprint density at radius 3 is 2.68 bits per heavy atom. The number of aliphatic carboxylic acids is 1. The molecule has 0 radical (unpaired) electrons. The zero-order valence-electron chi connectivity index (χ0n) is 10.8. The first kappa shape index (κ1) is 15.3. The lowest BCUT2D eigenvalue weighted by Gasteiger charge is -2.11. The standard InChI is InChI=1S/C13H16ClNO4/c1-8(6-13(17)18)5-12(16)15-11-7-9(19-2)3-4-10(11)14/h3-4,7-8H,5-6H2,1-2H3,(H,15,16)(H,17,18). The average molecular weight is 286 g/mol. The molecule has 19 heavy (non-hydrogen) atoms. The average Bonchev–Trinajstić information content (AvgIpc) is 2.30. The number of amides is 1. The van der Waals surface area contributed by atoms with Gasteiger partial charge in [0.1, 0.15) is 5.75 Å². The van der Waals surface area contributed by atoms with Gasteiger partial charge in [-0.15, -0.1) is 0 Å². The molecule has 1 rings (SSSR count). The van der Waals surface area contributed by atoms with Crippen molar-refractivity contribution >= 4 is 29.2 Å². The van der Waals surface area contributed by atoms with Crippen molar-refractivity contribution in [1.82, 2.24) is 0 Å². The van der Waals surface area contributed by atoms with Gasteiger partial charge in [-0.05, 0) is 18.1 Å². The van der Waals surface area contributed by atoms with Crippen LogP contribution in [0.1, 0.15) is 19.8 Å². The van der Waals surface area contributed by atoms with Crippen LogP contribution in [0.2, 0.25) is 5.02 Å². The van der Waals surface area contributed by atoms with E-state index in [9.17, 15) is 9.59 Å². The molecule has 0 aliphatic heterocycles. The number of anilines is 1. The summed E-state index contributed by atoms with van der Waals surface area (Å²) < 4.78 is 5.04. The fourth-order valence-electron chi connectivity index (χ4n) is 1.62. The lowest BCUT2D eigenvalue weighted by atomic mass is 10.0. The van der Waals surface area contributed by atoms with Gasteiger partial charge in [-0.25, -0.2) is 0 Å². The second-order valence-corrected chi connectivity index (χ2v) is 4.71. The number of carbonyl (C=O) groups is 2. The number of rotatable bonds is 6. The summed E-state index contributed by atoms with van der Waals surface area (Å²) in [6.07, 6.45) is 0.0824. The normalized spacial score (nSPS) is 11.7. The van der Waals surface area contributed by atoms with E-state index >= 15 is 0 Å². The molecule has 0 heterocycles. The zero-order valence-corrected chi connectivity index (χ0v) is 11.5. The molecule has 5 nitrogen and oxygen atoms in total. The van der Waals surface area contributed by atoms with Crippen LogP contribution in [0.5, 0.6) is 5.75 Å². The van der Waals surface area contributed by atoms with Crippen LogP contribution in [0.3, 0.4) is 0 Å². The van der Waals surface area contributed by atoms with E-state index in [1.54, 1.807) is 25.1 Å². The van der Waals surface area contributed by atoms with Crippen molar-refractivity contribution in [3.8, 4) is 5.75 Å². The number of carbonyl (C=O) groups excluding carboxylic acids is 1. The first-order valence-corrected chi connectivity index (χ1v) is 6.15. The van der Waals surface area contributed by atoms with Crippen LogP contribution in [-0.2, 0) is 9.59 Å². The molecule has 0 saturated carbocycles. The number of nitrogens with one attached hydrogen (secondary N) is 1. The highest BCUT2D eigenvalue weighted by atomic mass is 35.5. The molecule has 6 heteroatoms. The summed E-state index contributed by atoms with van der Waals surface area (Å²) in [7, 11) is 1.52. The predicted octanol–water partition coefficient (Wildman–Crippen LogP) is 2.79. The van der Waals surface area contributed by atoms with E-state index < -0.39 is 5.97 Å². The Bertz CT molecular complexity index is 476. The molecule has 1 atom stereocenters. The van der Waals surface area contributed by atoms with Gasteiger partial charge in [-0.3, -0.25) is 9.59 Å². The minimum Gasteiger partial charge on any atom is -0.497 e. The summed E-state index contributed by atoms with van der Waals surface area (Å²) in [5.74, 6) is -0.844. The molecule has 0 aliphatic carbocycles. The van der Waals surface area contributed by atoms with Gasteiger partial charge in [0.2, 0.25) is 5.91 Å². The van der Waals surface area contributed by atoms with Gasteiger partial charge < -0.3 is 15.2 Å². The van der Waals surface area contributed by atoms with Gasteiger partial charge in [0.25, 0.3) is 0 Å². The summed E-state index contributed by atoms with van der Waals surface area (Å²) in [4.78, 5) is 22.3. The van der Waals surface area contributed by atoms with Crippen molar-refractivity contribution in [2.45, 2.75) is 19.8 Å². The van der Waals surface area contributed by atoms with Crippen molar-refractivity contribution in [2.24, 2.45) is 5.92 Å². The fourth-order valence-corrected chi connectivity index (χ4v) is 1.78. The predicted molar refractivity (Wildman–Crippen MR) is 72.7 cm³/mol. The maximum atomic E-state index is 11.8. The number of halogens is 1. The van der Waals surface area contributed by atoms with Gasteiger partial charge >= 0.3 is 5.97 Å². The number of ether oxygens (including phenoxy) is 1. The molecule has 0 aromatic heterocycles. The molecular formula is C13H16ClNO4. The molecule has 0 saturated heterocycles. The van der Waals surface area contributed by atoms with Crippen LogP contribution in [0, 0.1) is 5.92 Å². The summed E-state index contributed by atoms with van der Waals surface area (Å²) in [6, 6.07) is 4.92. The lowest BCUT2D eigenvalue weighted by molar-refractivity contribution is -0.138. The molecule has 104 valence electrons. The first-order valence-electron chi connectivity index (χ1n) is 5.77. The molecule has 1 aromatic carbocycles. The molecule has 1 unspecified atom stereocenters. The minimum atomic E-state index is -0.917. The van der Waals surface area contributed by atoms with Crippen LogP contribution in [0.25, 0.3) is 0 Å². The number of hydrogen-bond acceptors (Lipinski definition) is 3. The van der Waals surface area contributed by atoms with E-state index in [0.717, 1.165) is 0 Å². The molecule has 2 N–H and O–H groups in total. The molecule has 0 aliphatic rings. The van der Waals surface area contributed by atoms with Crippen molar-refractivity contribution in [2.75, 3.05) is 12.4 Å². The largest absolute Gasteiger partial charge is 0.497 e. The maximum Gasteiger partial charge on any atom is 0.303 e. The van der Waals surface area contributed by atoms with E-state index in [1.807, 2.05) is 0 Å². The van der Waals surface area contributed by atoms with Crippen LogP contribution in [0.4, 0.5) is 5.69 Å². The third-order valence-electron chi connectivity index (χ3n) is 2.50. The molecule has 0 spiro atoms. The Morgan fingerprint density at radius 1 is 1.42 bits per heavy atom. The smallest absolute Gasteiger partial charge is 0.303 e. The van der Waals surface area contributed by atoms with Gasteiger partial charge in [-0.1, -0.05) is 18.5 Å². The van der Waals surface area contributed by atoms with Crippen LogP contribution in [0.15, 0.2) is 18.2 Å². The highest BCUT2D eigenvalue weighted by Crippen LogP contribution is 2.27. The highest BCUT2D eigenvalue weighted by molar-refractivity contribution is 6.33. The van der Waals surface area contributed by atoms with Gasteiger partial charge in [0, 0.05) is 18.9 Å². The van der Waals surface area contributed by atoms with E-state index in [-0.39, 0.29) is 24.7 Å². The van der Waals surface area contributed by atoms with Crippen LogP contribution >= 0.6 is 11.6 Å². The lowest BCUT2D eigenvalue weighted by Crippen LogP contribution is -2.17. The molecule has 0 fully saturated rings. The van der Waals surface area contributed by atoms with Gasteiger partial charge in [0.15, 0.2) is 0 Å². The third-order valence-corrected chi connectivity index (χ3v) is 2.83. The minimum absolute atomic E-state index is 0.0424. The number of carboxylic acid groups (broad SMARTS) is 1. The SMILES string of the molecule is COc1ccc(Cl)c(NC(=O)CC(C)CC(=O)O)c1. The fraction of sp³-hybridized carbons (Fsp3) is 0.385. The highest BCUT2D eigenvalue weighted by Gasteiger charge is 2.14. The quantitative estimate of drug-likeness (QED) is 0.843. The number of methoxy groups -OCH3 is 1. The Balaban J connectivity index is 2.63. The van der Waals surface area contributed by atoms with E-state index in [0.29, 0.717) is 16.5 Å². The van der Waals surface area contributed by atoms with E-state index in [2.05, 4.69) is 5.32 Å². The van der Waals surface area contributed by atoms with Crippen molar-refractivity contribution in [3.63, 3.8) is 0 Å². The Hall–Kier alpha value is -1.75. The molecule has 1 amide bonds. The Labute approximate surface area is 116 Å². The Morgan fingerprint density at radius 2 is 2.11 bits per heavy atom. The van der Waals surface area contributed by atoms with Crippen LogP contribution < -0.4 is 10.1 Å². The number of carboxylic acids is 1. The van der Waals surface area contributed by atoms with Crippen molar-refractivity contribution in [1.29, 1.82) is 0 Å². The maximum absolute atomic E-state index is 11.8. The Kier molecular flexibility index (Phi) is 5.63. The summed E-state index contributed by atoms with van der Waals surface area (Å²) in [5, 5.41) is 11.7. The number of hydrogen-bond donors (Lipinski definition) is 2. The molecular weight excluding hydrogens is 270 g/mol. The van der Waals surface area contributed by atoms with Crippen molar-refractivity contribution in [3.05, 3.63) is 23.2 Å². The van der Waals surface area contributed by atoms with Gasteiger partial charge in [-0.2, -0.15) is 0 Å². The zero-order chi connectivity index (χ0) is 14.4. The van der Waals surface area contributed by atoms with Gasteiger partial charge in [0.05, 0.1) is 17.8 Å². The van der Waals surface area contributed by atoms with E-state index in [1.165, 1.54) is 7.11 Å². The third kappa shape index (κ3) is 5.18. The number of benzene rings is 1. The first-order chi connectivity index (χ1) is 8.92. The summed E-state index contributed by atoms with van der Waals surface area (Å²) in [6.45, 7) is 1.71. The summed E-state index contributed by atoms with van der Waals surface area (Å²) >= 11 is 5.95. The second kappa shape index (κ2) is 6.99. The molecule has 0 bridgehead atoms. The second-order valence-electron chi connectivity index (χ2n) is 4.30. The monoisotopic (exact) mass is 285 g/mol. The summed E-state index contributed by atoms with van der Waals surface area (Å²) in [5.41, 5.74) is 0.452. The topological polar surface area (TPSA) is 75.6 Å². The van der Waals surface area contributed by atoms with E-state index in [4.69, 9.17) is 21.4 Å². The molecule has 1 aromatic rings. The van der Waals surface area contributed by atoms with Crippen molar-refractivity contribution < 1.29 is 19.4 Å².